The van der Waals surface area contributed by atoms with E-state index in [9.17, 15) is 4.79 Å². The predicted octanol–water partition coefficient (Wildman–Crippen LogP) is 4.27. The van der Waals surface area contributed by atoms with Crippen molar-refractivity contribution in [1.82, 2.24) is 14.8 Å². The molecule has 1 N–H and O–H groups in total. The van der Waals surface area contributed by atoms with Gasteiger partial charge >= 0.3 is 0 Å². The van der Waals surface area contributed by atoms with Gasteiger partial charge in [-0.1, -0.05) is 53.5 Å². The van der Waals surface area contributed by atoms with Crippen LogP contribution in [0.15, 0.2) is 34.2 Å². The first-order valence-corrected chi connectivity index (χ1v) is 9.44. The fourth-order valence-electron chi connectivity index (χ4n) is 2.04. The van der Waals surface area contributed by atoms with Crippen molar-refractivity contribution in [3.05, 3.63) is 34.6 Å². The molecule has 0 unspecified atom stereocenters. The summed E-state index contributed by atoms with van der Waals surface area (Å²) in [6, 6.07) is 5.78. The number of carbonyl (C=O) groups is 1. The second-order valence-electron chi connectivity index (χ2n) is 5.31. The van der Waals surface area contributed by atoms with Crippen molar-refractivity contribution in [2.45, 2.75) is 44.8 Å². The van der Waals surface area contributed by atoms with E-state index in [1.165, 1.54) is 24.6 Å². The molecule has 124 valence electrons. The third-order valence-electron chi connectivity index (χ3n) is 3.37. The molecule has 1 amide bonds. The minimum Gasteiger partial charge on any atom is -0.325 e. The van der Waals surface area contributed by atoms with Gasteiger partial charge in [-0.25, -0.2) is 0 Å². The monoisotopic (exact) mass is 396 g/mol. The van der Waals surface area contributed by atoms with E-state index in [2.05, 4.69) is 38.4 Å². The SMILES string of the molecule is CCCCCn1cnnc1SCC(=O)Nc1ccc(C)c(Br)c1. The standard InChI is InChI=1S/C16H21BrN4OS/c1-3-4-5-8-21-11-18-20-16(21)23-10-15(22)19-13-7-6-12(2)14(17)9-13/h6-7,9,11H,3-5,8,10H2,1-2H3,(H,19,22). The highest BCUT2D eigenvalue weighted by Gasteiger charge is 2.09. The number of halogens is 1. The van der Waals surface area contributed by atoms with Gasteiger partial charge in [0, 0.05) is 16.7 Å². The van der Waals surface area contributed by atoms with Crippen LogP contribution in [0, 0.1) is 6.92 Å². The van der Waals surface area contributed by atoms with Gasteiger partial charge in [-0.05, 0) is 31.0 Å². The Labute approximate surface area is 149 Å². The number of aryl methyl sites for hydroxylation is 2. The van der Waals surface area contributed by atoms with Crippen LogP contribution in [0.5, 0.6) is 0 Å². The van der Waals surface area contributed by atoms with E-state index in [-0.39, 0.29) is 5.91 Å². The summed E-state index contributed by atoms with van der Waals surface area (Å²) in [7, 11) is 0. The minimum absolute atomic E-state index is 0.0474. The Morgan fingerprint density at radius 2 is 2.22 bits per heavy atom. The van der Waals surface area contributed by atoms with Crippen molar-refractivity contribution < 1.29 is 4.79 Å². The van der Waals surface area contributed by atoms with E-state index in [0.717, 1.165) is 33.8 Å². The molecule has 0 saturated carbocycles. The van der Waals surface area contributed by atoms with Crippen LogP contribution < -0.4 is 5.32 Å². The Balaban J connectivity index is 1.84. The van der Waals surface area contributed by atoms with Gasteiger partial charge in [-0.2, -0.15) is 0 Å². The van der Waals surface area contributed by atoms with Crippen LogP contribution in [-0.2, 0) is 11.3 Å². The molecule has 7 heteroatoms. The summed E-state index contributed by atoms with van der Waals surface area (Å²) >= 11 is 4.88. The van der Waals surface area contributed by atoms with Gasteiger partial charge in [0.05, 0.1) is 5.75 Å². The molecule has 0 bridgehead atoms. The highest BCUT2D eigenvalue weighted by molar-refractivity contribution is 9.10. The molecular formula is C16H21BrN4OS. The zero-order chi connectivity index (χ0) is 16.7. The zero-order valence-electron chi connectivity index (χ0n) is 13.4. The Hall–Kier alpha value is -1.34. The van der Waals surface area contributed by atoms with Crippen molar-refractivity contribution in [3.63, 3.8) is 0 Å². The van der Waals surface area contributed by atoms with E-state index in [4.69, 9.17) is 0 Å². The first-order valence-electron chi connectivity index (χ1n) is 7.66. The number of thioether (sulfide) groups is 1. The lowest BCUT2D eigenvalue weighted by Crippen LogP contribution is -2.14. The first-order chi connectivity index (χ1) is 11.1. The highest BCUT2D eigenvalue weighted by Crippen LogP contribution is 2.21. The molecule has 0 spiro atoms. The maximum Gasteiger partial charge on any atom is 0.234 e. The summed E-state index contributed by atoms with van der Waals surface area (Å²) in [4.78, 5) is 12.1. The van der Waals surface area contributed by atoms with Crippen LogP contribution in [0.1, 0.15) is 31.7 Å². The van der Waals surface area contributed by atoms with Gasteiger partial charge in [-0.3, -0.25) is 4.79 Å². The average Bonchev–Trinajstić information content (AvgIpc) is 2.97. The Morgan fingerprint density at radius 3 is 2.96 bits per heavy atom. The molecule has 1 heterocycles. The van der Waals surface area contributed by atoms with Crippen LogP contribution in [0.3, 0.4) is 0 Å². The van der Waals surface area contributed by atoms with E-state index in [0.29, 0.717) is 5.75 Å². The quantitative estimate of drug-likeness (QED) is 0.534. The van der Waals surface area contributed by atoms with Crippen molar-refractivity contribution in [2.24, 2.45) is 0 Å². The van der Waals surface area contributed by atoms with Gasteiger partial charge < -0.3 is 9.88 Å². The number of benzene rings is 1. The number of nitrogens with zero attached hydrogens (tertiary/aromatic N) is 3. The fourth-order valence-corrected chi connectivity index (χ4v) is 3.16. The Kier molecular flexibility index (Phi) is 7.11. The van der Waals surface area contributed by atoms with Crippen molar-refractivity contribution in [3.8, 4) is 0 Å². The minimum atomic E-state index is -0.0474. The summed E-state index contributed by atoms with van der Waals surface area (Å²) in [6.07, 6.45) is 5.20. The number of nitrogens with one attached hydrogen (secondary N) is 1. The smallest absolute Gasteiger partial charge is 0.234 e. The summed E-state index contributed by atoms with van der Waals surface area (Å²) in [5.74, 6) is 0.270. The van der Waals surface area contributed by atoms with Gasteiger partial charge in [0.25, 0.3) is 0 Å². The molecule has 5 nitrogen and oxygen atoms in total. The first kappa shape index (κ1) is 18.0. The Morgan fingerprint density at radius 1 is 1.39 bits per heavy atom. The molecule has 0 radical (unpaired) electrons. The van der Waals surface area contributed by atoms with Crippen molar-refractivity contribution in [2.75, 3.05) is 11.1 Å². The third kappa shape index (κ3) is 5.66. The number of aromatic nitrogens is 3. The molecule has 2 rings (SSSR count). The van der Waals surface area contributed by atoms with Gasteiger partial charge in [0.1, 0.15) is 6.33 Å². The molecule has 23 heavy (non-hydrogen) atoms. The number of rotatable bonds is 8. The van der Waals surface area contributed by atoms with Gasteiger partial charge in [0.2, 0.25) is 5.91 Å². The van der Waals surface area contributed by atoms with E-state index >= 15 is 0 Å². The van der Waals surface area contributed by atoms with Crippen LogP contribution in [0.25, 0.3) is 0 Å². The molecule has 0 atom stereocenters. The molecule has 0 saturated heterocycles. The number of unbranched alkanes of at least 4 members (excludes halogenated alkanes) is 2. The second-order valence-corrected chi connectivity index (χ2v) is 7.11. The van der Waals surface area contributed by atoms with Crippen molar-refractivity contribution in [1.29, 1.82) is 0 Å². The number of anilines is 1. The maximum atomic E-state index is 12.1. The second kappa shape index (κ2) is 9.08. The molecular weight excluding hydrogens is 376 g/mol. The summed E-state index contributed by atoms with van der Waals surface area (Å²) in [5, 5.41) is 11.7. The largest absolute Gasteiger partial charge is 0.325 e. The average molecular weight is 397 g/mol. The maximum absolute atomic E-state index is 12.1. The Bertz CT molecular complexity index is 659. The zero-order valence-corrected chi connectivity index (χ0v) is 15.8. The number of hydrogen-bond acceptors (Lipinski definition) is 4. The van der Waals surface area contributed by atoms with Gasteiger partial charge in [0.15, 0.2) is 5.16 Å². The lowest BCUT2D eigenvalue weighted by molar-refractivity contribution is -0.113. The lowest BCUT2D eigenvalue weighted by atomic mass is 10.2. The number of amides is 1. The topological polar surface area (TPSA) is 59.8 Å². The normalized spacial score (nSPS) is 10.7. The third-order valence-corrected chi connectivity index (χ3v) is 5.21. The molecule has 0 aliphatic carbocycles. The van der Waals surface area contributed by atoms with Crippen LogP contribution in [0.2, 0.25) is 0 Å². The van der Waals surface area contributed by atoms with E-state index in [1.807, 2.05) is 29.7 Å². The summed E-state index contributed by atoms with van der Waals surface area (Å²) in [5.41, 5.74) is 1.93. The number of carbonyl (C=O) groups excluding carboxylic acids is 1. The summed E-state index contributed by atoms with van der Waals surface area (Å²) in [6.45, 7) is 5.09. The molecule has 0 fully saturated rings. The molecule has 0 aliphatic heterocycles. The van der Waals surface area contributed by atoms with E-state index in [1.54, 1.807) is 6.33 Å². The predicted molar refractivity (Wildman–Crippen MR) is 97.8 cm³/mol. The van der Waals surface area contributed by atoms with Crippen LogP contribution in [-0.4, -0.2) is 26.4 Å². The van der Waals surface area contributed by atoms with E-state index < -0.39 is 0 Å². The fraction of sp³-hybridized carbons (Fsp3) is 0.438. The molecule has 2 aromatic rings. The number of hydrogen-bond donors (Lipinski definition) is 1. The summed E-state index contributed by atoms with van der Waals surface area (Å²) < 4.78 is 2.99. The molecule has 1 aromatic carbocycles. The molecule has 1 aromatic heterocycles. The van der Waals surface area contributed by atoms with Crippen molar-refractivity contribution >= 4 is 39.3 Å². The lowest BCUT2D eigenvalue weighted by Gasteiger charge is -2.08. The molecule has 0 aliphatic rings. The van der Waals surface area contributed by atoms with Gasteiger partial charge in [-0.15, -0.1) is 10.2 Å². The van der Waals surface area contributed by atoms with Crippen LogP contribution in [0.4, 0.5) is 5.69 Å². The highest BCUT2D eigenvalue weighted by atomic mass is 79.9. The van der Waals surface area contributed by atoms with Crippen LogP contribution >= 0.6 is 27.7 Å².